The molecule has 0 aliphatic carbocycles. The molecule has 3 rings (SSSR count). The lowest BCUT2D eigenvalue weighted by Gasteiger charge is -2.18. The molecule has 0 saturated heterocycles. The van der Waals surface area contributed by atoms with Crippen molar-refractivity contribution in [2.75, 3.05) is 32.1 Å². The Balaban J connectivity index is 1.35. The molecule has 0 spiro atoms. The summed E-state index contributed by atoms with van der Waals surface area (Å²) in [7, 11) is -2.09. The molecule has 0 bridgehead atoms. The van der Waals surface area contributed by atoms with Crippen molar-refractivity contribution in [2.24, 2.45) is 0 Å². The zero-order valence-electron chi connectivity index (χ0n) is 17.8. The Kier molecular flexibility index (Phi) is 8.07. The maximum Gasteiger partial charge on any atom is 0.251 e. The van der Waals surface area contributed by atoms with Crippen LogP contribution in [0.2, 0.25) is 0 Å². The standard InChI is InChI=1S/C22H27N3O6S/c1-23-22(27)16-6-8-17(9-7-16)25-21(26)5-3-2-4-12-24-32(28,29)18-10-11-19-20(15-18)31-14-13-30-19/h6-11,15,24H,2-5,12-14H2,1H3,(H,23,27)(H,25,26). The molecular weight excluding hydrogens is 434 g/mol. The van der Waals surface area contributed by atoms with Crippen LogP contribution in [0.4, 0.5) is 5.69 Å². The first kappa shape index (κ1) is 23.6. The lowest BCUT2D eigenvalue weighted by molar-refractivity contribution is -0.116. The van der Waals surface area contributed by atoms with Crippen LogP contribution in [0.15, 0.2) is 47.4 Å². The quantitative estimate of drug-likeness (QED) is 0.467. The highest BCUT2D eigenvalue weighted by Gasteiger charge is 2.19. The Hall–Kier alpha value is -3.11. The number of carbonyl (C=O) groups is 2. The molecule has 2 amide bonds. The van der Waals surface area contributed by atoms with E-state index in [1.54, 1.807) is 37.4 Å². The van der Waals surface area contributed by atoms with Crippen molar-refractivity contribution < 1.29 is 27.5 Å². The summed E-state index contributed by atoms with van der Waals surface area (Å²) in [5.41, 5.74) is 1.14. The van der Waals surface area contributed by atoms with E-state index in [1.165, 1.54) is 12.1 Å². The fraction of sp³-hybridized carbons (Fsp3) is 0.364. The second-order valence-electron chi connectivity index (χ2n) is 7.22. The second kappa shape index (κ2) is 11.0. The van der Waals surface area contributed by atoms with E-state index < -0.39 is 10.0 Å². The largest absolute Gasteiger partial charge is 0.486 e. The fourth-order valence-corrected chi connectivity index (χ4v) is 4.23. The maximum atomic E-state index is 12.5. The van der Waals surface area contributed by atoms with E-state index in [0.717, 1.165) is 0 Å². The molecule has 1 heterocycles. The van der Waals surface area contributed by atoms with Gasteiger partial charge < -0.3 is 20.1 Å². The summed E-state index contributed by atoms with van der Waals surface area (Å²) in [6, 6.07) is 11.2. The van der Waals surface area contributed by atoms with Crippen molar-refractivity contribution in [1.82, 2.24) is 10.0 Å². The zero-order valence-corrected chi connectivity index (χ0v) is 18.7. The molecule has 0 unspecified atom stereocenters. The van der Waals surface area contributed by atoms with Crippen LogP contribution in [0.3, 0.4) is 0 Å². The van der Waals surface area contributed by atoms with Crippen molar-refractivity contribution in [3.8, 4) is 11.5 Å². The van der Waals surface area contributed by atoms with Gasteiger partial charge in [0.25, 0.3) is 5.91 Å². The van der Waals surface area contributed by atoms with Crippen LogP contribution in [-0.2, 0) is 14.8 Å². The number of hydrogen-bond acceptors (Lipinski definition) is 6. The van der Waals surface area contributed by atoms with Gasteiger partial charge >= 0.3 is 0 Å². The number of anilines is 1. The van der Waals surface area contributed by atoms with E-state index in [9.17, 15) is 18.0 Å². The number of ether oxygens (including phenoxy) is 2. The van der Waals surface area contributed by atoms with E-state index in [0.29, 0.717) is 61.6 Å². The highest BCUT2D eigenvalue weighted by atomic mass is 32.2. The average Bonchev–Trinajstić information content (AvgIpc) is 2.81. The third-order valence-electron chi connectivity index (χ3n) is 4.85. The van der Waals surface area contributed by atoms with Crippen LogP contribution in [-0.4, -0.2) is 47.0 Å². The minimum atomic E-state index is -3.64. The van der Waals surface area contributed by atoms with Gasteiger partial charge in [-0.3, -0.25) is 9.59 Å². The number of fused-ring (bicyclic) bond motifs is 1. The molecule has 1 aliphatic rings. The Bertz CT molecular complexity index is 1050. The van der Waals surface area contributed by atoms with Crippen LogP contribution in [0, 0.1) is 0 Å². The number of rotatable bonds is 10. The highest BCUT2D eigenvalue weighted by Crippen LogP contribution is 2.32. The third kappa shape index (κ3) is 6.44. The predicted molar refractivity (Wildman–Crippen MR) is 120 cm³/mol. The highest BCUT2D eigenvalue weighted by molar-refractivity contribution is 7.89. The third-order valence-corrected chi connectivity index (χ3v) is 6.31. The van der Waals surface area contributed by atoms with Crippen molar-refractivity contribution in [3.05, 3.63) is 48.0 Å². The van der Waals surface area contributed by atoms with Gasteiger partial charge in [0, 0.05) is 37.3 Å². The van der Waals surface area contributed by atoms with Gasteiger partial charge in [-0.1, -0.05) is 6.42 Å². The predicted octanol–water partition coefficient (Wildman–Crippen LogP) is 2.29. The molecule has 0 aromatic heterocycles. The number of amides is 2. The van der Waals surface area contributed by atoms with E-state index in [4.69, 9.17) is 9.47 Å². The minimum absolute atomic E-state index is 0.128. The molecule has 172 valence electrons. The number of sulfonamides is 1. The molecule has 0 fully saturated rings. The van der Waals surface area contributed by atoms with Gasteiger partial charge in [0.15, 0.2) is 11.5 Å². The van der Waals surface area contributed by atoms with Gasteiger partial charge in [0.05, 0.1) is 4.90 Å². The Morgan fingerprint density at radius 2 is 1.66 bits per heavy atom. The Labute approximate surface area is 187 Å². The first-order chi connectivity index (χ1) is 15.4. The van der Waals surface area contributed by atoms with Gasteiger partial charge in [0.1, 0.15) is 13.2 Å². The van der Waals surface area contributed by atoms with Crippen LogP contribution >= 0.6 is 0 Å². The van der Waals surface area contributed by atoms with Crippen LogP contribution in [0.25, 0.3) is 0 Å². The van der Waals surface area contributed by atoms with Crippen molar-refractivity contribution >= 4 is 27.5 Å². The Morgan fingerprint density at radius 3 is 2.38 bits per heavy atom. The van der Waals surface area contributed by atoms with Gasteiger partial charge in [0.2, 0.25) is 15.9 Å². The smallest absolute Gasteiger partial charge is 0.251 e. The average molecular weight is 462 g/mol. The Morgan fingerprint density at radius 1 is 0.938 bits per heavy atom. The zero-order chi connectivity index (χ0) is 23.0. The molecule has 3 N–H and O–H groups in total. The lowest BCUT2D eigenvalue weighted by atomic mass is 10.1. The SMILES string of the molecule is CNC(=O)c1ccc(NC(=O)CCCCCNS(=O)(=O)c2ccc3c(c2)OCCO3)cc1. The summed E-state index contributed by atoms with van der Waals surface area (Å²) >= 11 is 0. The van der Waals surface area contributed by atoms with E-state index >= 15 is 0 Å². The van der Waals surface area contributed by atoms with Gasteiger partial charge in [-0.05, 0) is 49.2 Å². The molecule has 2 aromatic carbocycles. The van der Waals surface area contributed by atoms with Crippen molar-refractivity contribution in [2.45, 2.75) is 30.6 Å². The molecule has 0 saturated carbocycles. The normalized spacial score (nSPS) is 12.8. The summed E-state index contributed by atoms with van der Waals surface area (Å²) in [6.45, 7) is 1.11. The van der Waals surface area contributed by atoms with E-state index in [2.05, 4.69) is 15.4 Å². The summed E-state index contributed by atoms with van der Waals surface area (Å²) in [5, 5.41) is 5.32. The maximum absolute atomic E-state index is 12.5. The summed E-state index contributed by atoms with van der Waals surface area (Å²) in [6.07, 6.45) is 2.27. The number of hydrogen-bond donors (Lipinski definition) is 3. The van der Waals surface area contributed by atoms with Crippen molar-refractivity contribution in [3.63, 3.8) is 0 Å². The topological polar surface area (TPSA) is 123 Å². The summed E-state index contributed by atoms with van der Waals surface area (Å²) in [4.78, 5) is 23.7. The second-order valence-corrected chi connectivity index (χ2v) is 8.99. The first-order valence-corrected chi connectivity index (χ1v) is 11.9. The molecule has 9 nitrogen and oxygen atoms in total. The minimum Gasteiger partial charge on any atom is -0.486 e. The lowest BCUT2D eigenvalue weighted by Crippen LogP contribution is -2.25. The van der Waals surface area contributed by atoms with E-state index in [1.807, 2.05) is 0 Å². The van der Waals surface area contributed by atoms with Crippen LogP contribution < -0.4 is 24.8 Å². The molecule has 0 atom stereocenters. The summed E-state index contributed by atoms with van der Waals surface area (Å²) < 4.78 is 38.3. The van der Waals surface area contributed by atoms with Gasteiger partial charge in [-0.25, -0.2) is 13.1 Å². The molecule has 10 heteroatoms. The summed E-state index contributed by atoms with van der Waals surface area (Å²) in [5.74, 6) is 0.645. The monoisotopic (exact) mass is 461 g/mol. The number of nitrogens with one attached hydrogen (secondary N) is 3. The number of carbonyl (C=O) groups excluding carboxylic acids is 2. The number of benzene rings is 2. The van der Waals surface area contributed by atoms with E-state index in [-0.39, 0.29) is 23.3 Å². The molecule has 32 heavy (non-hydrogen) atoms. The molecule has 2 aromatic rings. The fourth-order valence-electron chi connectivity index (χ4n) is 3.14. The van der Waals surface area contributed by atoms with Gasteiger partial charge in [-0.15, -0.1) is 0 Å². The van der Waals surface area contributed by atoms with Gasteiger partial charge in [-0.2, -0.15) is 0 Å². The molecular formula is C22H27N3O6S. The molecule has 1 aliphatic heterocycles. The van der Waals surface area contributed by atoms with Crippen LogP contribution in [0.1, 0.15) is 36.0 Å². The van der Waals surface area contributed by atoms with Crippen molar-refractivity contribution in [1.29, 1.82) is 0 Å². The number of unbranched alkanes of at least 4 members (excludes halogenated alkanes) is 2. The van der Waals surface area contributed by atoms with Crippen LogP contribution in [0.5, 0.6) is 11.5 Å². The molecule has 0 radical (unpaired) electrons. The first-order valence-electron chi connectivity index (χ1n) is 10.4.